The zero-order valence-corrected chi connectivity index (χ0v) is 12.3. The molecular weight excluding hydrogens is 274 g/mol. The fraction of sp³-hybridized carbons (Fsp3) is 0.250. The molecule has 0 aliphatic rings. The number of aliphatic hydroxyl groups excluding tert-OH is 1. The predicted molar refractivity (Wildman–Crippen MR) is 81.4 cm³/mol. The van der Waals surface area contributed by atoms with Gasteiger partial charge in [-0.05, 0) is 49.4 Å². The van der Waals surface area contributed by atoms with Gasteiger partial charge >= 0.3 is 0 Å². The molecule has 0 heterocycles. The van der Waals surface area contributed by atoms with Crippen molar-refractivity contribution in [1.82, 2.24) is 5.32 Å². The minimum absolute atomic E-state index is 0.0104. The molecule has 0 aliphatic heterocycles. The van der Waals surface area contributed by atoms with Gasteiger partial charge in [0.1, 0.15) is 11.5 Å². The van der Waals surface area contributed by atoms with Crippen LogP contribution in [0.3, 0.4) is 0 Å². The summed E-state index contributed by atoms with van der Waals surface area (Å²) in [4.78, 5) is 0. The molecule has 0 aliphatic carbocycles. The van der Waals surface area contributed by atoms with Crippen molar-refractivity contribution < 1.29 is 9.84 Å². The Morgan fingerprint density at radius 3 is 2.70 bits per heavy atom. The number of rotatable bonds is 5. The van der Waals surface area contributed by atoms with Crippen LogP contribution in [-0.4, -0.2) is 12.2 Å². The third-order valence-electron chi connectivity index (χ3n) is 3.20. The van der Waals surface area contributed by atoms with Gasteiger partial charge in [-0.3, -0.25) is 0 Å². The number of ether oxygens (including phenoxy) is 1. The molecule has 0 radical (unpaired) electrons. The number of aliphatic hydroxyl groups is 1. The third-order valence-corrected chi connectivity index (χ3v) is 3.49. The molecule has 1 unspecified atom stereocenters. The van der Waals surface area contributed by atoms with Gasteiger partial charge in [0.25, 0.3) is 0 Å². The van der Waals surface area contributed by atoms with Gasteiger partial charge in [0.2, 0.25) is 0 Å². The standard InChI is InChI=1S/C16H18ClNO2/c1-11(18-2)13-6-7-16(15(17)9-13)20-14-5-3-4-12(8-14)10-19/h3-9,11,18-19H,10H2,1-2H3. The summed E-state index contributed by atoms with van der Waals surface area (Å²) < 4.78 is 5.76. The molecule has 20 heavy (non-hydrogen) atoms. The first-order valence-electron chi connectivity index (χ1n) is 6.48. The lowest BCUT2D eigenvalue weighted by atomic mass is 10.1. The Morgan fingerprint density at radius 2 is 2.05 bits per heavy atom. The molecule has 106 valence electrons. The Hall–Kier alpha value is -1.55. The highest BCUT2D eigenvalue weighted by atomic mass is 35.5. The first kappa shape index (κ1) is 14.9. The summed E-state index contributed by atoms with van der Waals surface area (Å²) in [6, 6.07) is 13.3. The lowest BCUT2D eigenvalue weighted by Gasteiger charge is -2.13. The van der Waals surface area contributed by atoms with Gasteiger partial charge in [0, 0.05) is 6.04 Å². The average Bonchev–Trinajstić information content (AvgIpc) is 2.48. The summed E-state index contributed by atoms with van der Waals surface area (Å²) in [5.74, 6) is 1.27. The topological polar surface area (TPSA) is 41.5 Å². The molecule has 4 heteroatoms. The quantitative estimate of drug-likeness (QED) is 0.878. The molecule has 3 nitrogen and oxygen atoms in total. The van der Waals surface area contributed by atoms with Gasteiger partial charge in [0.15, 0.2) is 0 Å². The monoisotopic (exact) mass is 291 g/mol. The lowest BCUT2D eigenvalue weighted by molar-refractivity contribution is 0.281. The van der Waals surface area contributed by atoms with Crippen molar-refractivity contribution in [2.45, 2.75) is 19.6 Å². The smallest absolute Gasteiger partial charge is 0.146 e. The number of nitrogens with one attached hydrogen (secondary N) is 1. The molecule has 0 aromatic heterocycles. The van der Waals surface area contributed by atoms with E-state index >= 15 is 0 Å². The van der Waals surface area contributed by atoms with Crippen LogP contribution in [-0.2, 0) is 6.61 Å². The average molecular weight is 292 g/mol. The van der Waals surface area contributed by atoms with Crippen LogP contribution >= 0.6 is 11.6 Å². The Kier molecular flexibility index (Phi) is 5.01. The number of hydrogen-bond acceptors (Lipinski definition) is 3. The number of benzene rings is 2. The van der Waals surface area contributed by atoms with E-state index in [1.807, 2.05) is 43.4 Å². The highest BCUT2D eigenvalue weighted by Crippen LogP contribution is 2.31. The zero-order chi connectivity index (χ0) is 14.5. The molecule has 0 saturated heterocycles. The molecule has 0 saturated carbocycles. The van der Waals surface area contributed by atoms with Gasteiger partial charge < -0.3 is 15.2 Å². The molecule has 2 N–H and O–H groups in total. The van der Waals surface area contributed by atoms with E-state index in [2.05, 4.69) is 12.2 Å². The highest BCUT2D eigenvalue weighted by Gasteiger charge is 2.08. The van der Waals surface area contributed by atoms with E-state index in [1.165, 1.54) is 0 Å². The first-order chi connectivity index (χ1) is 9.63. The maximum atomic E-state index is 9.12. The van der Waals surface area contributed by atoms with E-state index < -0.39 is 0 Å². The van der Waals surface area contributed by atoms with Crippen LogP contribution in [0, 0.1) is 0 Å². The van der Waals surface area contributed by atoms with Gasteiger partial charge in [-0.1, -0.05) is 29.8 Å². The minimum Gasteiger partial charge on any atom is -0.456 e. The van der Waals surface area contributed by atoms with Gasteiger partial charge in [-0.15, -0.1) is 0 Å². The molecule has 2 aromatic carbocycles. The Labute approximate surface area is 124 Å². The van der Waals surface area contributed by atoms with E-state index in [9.17, 15) is 0 Å². The summed E-state index contributed by atoms with van der Waals surface area (Å²) in [6.45, 7) is 2.06. The number of halogens is 1. The van der Waals surface area contributed by atoms with E-state index in [0.717, 1.165) is 11.1 Å². The highest BCUT2D eigenvalue weighted by molar-refractivity contribution is 6.32. The number of hydrogen-bond donors (Lipinski definition) is 2. The maximum absolute atomic E-state index is 9.12. The van der Waals surface area contributed by atoms with Crippen molar-refractivity contribution in [3.05, 3.63) is 58.6 Å². The second-order valence-corrected chi connectivity index (χ2v) is 5.02. The second kappa shape index (κ2) is 6.75. The van der Waals surface area contributed by atoms with Crippen LogP contribution in [0.5, 0.6) is 11.5 Å². The minimum atomic E-state index is -0.0104. The molecule has 0 bridgehead atoms. The summed E-state index contributed by atoms with van der Waals surface area (Å²) in [7, 11) is 1.91. The molecule has 2 aromatic rings. The van der Waals surface area contributed by atoms with Crippen LogP contribution in [0.2, 0.25) is 5.02 Å². The fourth-order valence-corrected chi connectivity index (χ4v) is 2.10. The zero-order valence-electron chi connectivity index (χ0n) is 11.6. The van der Waals surface area contributed by atoms with Crippen LogP contribution in [0.4, 0.5) is 0 Å². The Balaban J connectivity index is 2.21. The Morgan fingerprint density at radius 1 is 1.25 bits per heavy atom. The summed E-state index contributed by atoms with van der Waals surface area (Å²) in [5.41, 5.74) is 1.91. The second-order valence-electron chi connectivity index (χ2n) is 4.61. The normalized spacial score (nSPS) is 12.2. The van der Waals surface area contributed by atoms with Crippen LogP contribution < -0.4 is 10.1 Å². The molecule has 1 atom stereocenters. The predicted octanol–water partition coefficient (Wildman–Crippen LogP) is 3.91. The molecule has 0 spiro atoms. The SMILES string of the molecule is CNC(C)c1ccc(Oc2cccc(CO)c2)c(Cl)c1. The van der Waals surface area contributed by atoms with Gasteiger partial charge in [0.05, 0.1) is 11.6 Å². The van der Waals surface area contributed by atoms with Crippen molar-refractivity contribution >= 4 is 11.6 Å². The van der Waals surface area contributed by atoms with Crippen LogP contribution in [0.15, 0.2) is 42.5 Å². The summed E-state index contributed by atoms with van der Waals surface area (Å²) >= 11 is 6.25. The van der Waals surface area contributed by atoms with Crippen molar-refractivity contribution in [3.8, 4) is 11.5 Å². The fourth-order valence-electron chi connectivity index (χ4n) is 1.87. The van der Waals surface area contributed by atoms with E-state index in [4.69, 9.17) is 21.4 Å². The first-order valence-corrected chi connectivity index (χ1v) is 6.86. The van der Waals surface area contributed by atoms with Crippen molar-refractivity contribution in [1.29, 1.82) is 0 Å². The van der Waals surface area contributed by atoms with Crippen molar-refractivity contribution in [2.24, 2.45) is 0 Å². The molecule has 2 rings (SSSR count). The van der Waals surface area contributed by atoms with Crippen LogP contribution in [0.1, 0.15) is 24.1 Å². The van der Waals surface area contributed by atoms with E-state index in [0.29, 0.717) is 16.5 Å². The van der Waals surface area contributed by atoms with Gasteiger partial charge in [-0.25, -0.2) is 0 Å². The van der Waals surface area contributed by atoms with Gasteiger partial charge in [-0.2, -0.15) is 0 Å². The maximum Gasteiger partial charge on any atom is 0.146 e. The molecule has 0 fully saturated rings. The summed E-state index contributed by atoms with van der Waals surface area (Å²) in [6.07, 6.45) is 0. The largest absolute Gasteiger partial charge is 0.456 e. The molecular formula is C16H18ClNO2. The summed E-state index contributed by atoms with van der Waals surface area (Å²) in [5, 5.41) is 12.9. The van der Waals surface area contributed by atoms with Crippen molar-refractivity contribution in [3.63, 3.8) is 0 Å². The lowest BCUT2D eigenvalue weighted by Crippen LogP contribution is -2.12. The van der Waals surface area contributed by atoms with E-state index in [1.54, 1.807) is 6.07 Å². The molecule has 0 amide bonds. The van der Waals surface area contributed by atoms with E-state index in [-0.39, 0.29) is 12.6 Å². The Bertz CT molecular complexity index is 586. The van der Waals surface area contributed by atoms with Crippen LogP contribution in [0.25, 0.3) is 0 Å². The van der Waals surface area contributed by atoms with Crippen molar-refractivity contribution in [2.75, 3.05) is 7.05 Å². The third kappa shape index (κ3) is 3.51.